The van der Waals surface area contributed by atoms with E-state index in [0.717, 1.165) is 27.3 Å². The van der Waals surface area contributed by atoms with Gasteiger partial charge in [0.15, 0.2) is 0 Å². The number of hydrogen-bond donors (Lipinski definition) is 0. The maximum absolute atomic E-state index is 12.5. The first-order chi connectivity index (χ1) is 11.0. The quantitative estimate of drug-likeness (QED) is 0.803. The summed E-state index contributed by atoms with van der Waals surface area (Å²) < 4.78 is 10.7. The number of esters is 1. The van der Waals surface area contributed by atoms with Gasteiger partial charge in [0.25, 0.3) is 0 Å². The summed E-state index contributed by atoms with van der Waals surface area (Å²) in [5, 5.41) is 1.00. The summed E-state index contributed by atoms with van der Waals surface area (Å²) >= 11 is 1.42. The van der Waals surface area contributed by atoms with Crippen LogP contribution in [0.15, 0.2) is 0 Å². The predicted molar refractivity (Wildman–Crippen MR) is 88.1 cm³/mol. The Morgan fingerprint density at radius 3 is 2.70 bits per heavy atom. The molecule has 2 aliphatic rings. The third-order valence-corrected chi connectivity index (χ3v) is 5.73. The number of rotatable bonds is 4. The Morgan fingerprint density at radius 2 is 2.09 bits per heavy atom. The summed E-state index contributed by atoms with van der Waals surface area (Å²) in [6, 6.07) is 0. The van der Waals surface area contributed by atoms with Crippen LogP contribution in [0, 0.1) is 19.3 Å². The Morgan fingerprint density at radius 1 is 1.35 bits per heavy atom. The molecule has 1 saturated heterocycles. The molecule has 0 spiro atoms. The van der Waals surface area contributed by atoms with Gasteiger partial charge in [0.2, 0.25) is 0 Å². The Balaban J connectivity index is 1.62. The summed E-state index contributed by atoms with van der Waals surface area (Å²) in [7, 11) is 0. The van der Waals surface area contributed by atoms with Gasteiger partial charge in [-0.05, 0) is 32.3 Å². The van der Waals surface area contributed by atoms with Crippen LogP contribution in [0.5, 0.6) is 0 Å². The number of nitrogens with zero attached hydrogens (tertiary/aromatic N) is 2. The zero-order chi connectivity index (χ0) is 16.2. The van der Waals surface area contributed by atoms with Crippen LogP contribution in [0.1, 0.15) is 52.4 Å². The lowest BCUT2D eigenvalue weighted by molar-refractivity contribution is -0.127. The number of aromatic nitrogens is 2. The van der Waals surface area contributed by atoms with Crippen LogP contribution < -0.4 is 0 Å². The molecule has 1 aliphatic carbocycles. The first-order valence-electron chi connectivity index (χ1n) is 7.99. The number of fused-ring (bicyclic) bond motifs is 1. The molecule has 6 heteroatoms. The predicted octanol–water partition coefficient (Wildman–Crippen LogP) is 3.38. The highest BCUT2D eigenvalue weighted by atomic mass is 32.1. The fraction of sp³-hybridized carbons (Fsp3) is 0.588. The lowest BCUT2D eigenvalue weighted by atomic mass is 9.90. The van der Waals surface area contributed by atoms with Gasteiger partial charge in [0.05, 0.1) is 18.9 Å². The largest absolute Gasteiger partial charge is 0.461 e. The zero-order valence-corrected chi connectivity index (χ0v) is 14.5. The molecule has 23 heavy (non-hydrogen) atoms. The molecule has 2 aromatic rings. The zero-order valence-electron chi connectivity index (χ0n) is 13.6. The summed E-state index contributed by atoms with van der Waals surface area (Å²) in [5.41, 5.74) is 1.86. The fourth-order valence-corrected chi connectivity index (χ4v) is 4.05. The van der Waals surface area contributed by atoms with Gasteiger partial charge >= 0.3 is 5.97 Å². The van der Waals surface area contributed by atoms with E-state index in [9.17, 15) is 4.79 Å². The summed E-state index contributed by atoms with van der Waals surface area (Å²) in [6.45, 7) is 7.73. The van der Waals surface area contributed by atoms with Crippen molar-refractivity contribution in [1.29, 1.82) is 0 Å². The van der Waals surface area contributed by atoms with Crippen LogP contribution in [-0.4, -0.2) is 35.8 Å². The lowest BCUT2D eigenvalue weighted by Crippen LogP contribution is -2.44. The fourth-order valence-electron chi connectivity index (χ4n) is 2.92. The Hall–Kier alpha value is -1.53. The van der Waals surface area contributed by atoms with Crippen molar-refractivity contribution >= 4 is 27.5 Å². The minimum absolute atomic E-state index is 0.0326. The lowest BCUT2D eigenvalue weighted by Gasteiger charge is -2.37. The van der Waals surface area contributed by atoms with Crippen molar-refractivity contribution < 1.29 is 14.3 Å². The molecule has 1 aliphatic heterocycles. The van der Waals surface area contributed by atoms with E-state index >= 15 is 0 Å². The van der Waals surface area contributed by atoms with Crippen LogP contribution in [-0.2, 0) is 9.47 Å². The average Bonchev–Trinajstić information content (AvgIpc) is 3.27. The van der Waals surface area contributed by atoms with Gasteiger partial charge in [0.1, 0.15) is 22.1 Å². The Kier molecular flexibility index (Phi) is 3.43. The molecule has 2 fully saturated rings. The van der Waals surface area contributed by atoms with Crippen LogP contribution in [0.3, 0.4) is 0 Å². The van der Waals surface area contributed by atoms with Crippen molar-refractivity contribution in [2.24, 2.45) is 5.41 Å². The number of hydrogen-bond acceptors (Lipinski definition) is 6. The van der Waals surface area contributed by atoms with Gasteiger partial charge in [-0.2, -0.15) is 0 Å². The van der Waals surface area contributed by atoms with E-state index < -0.39 is 0 Å². The van der Waals surface area contributed by atoms with E-state index in [1.807, 2.05) is 13.8 Å². The molecule has 0 bridgehead atoms. The Bertz CT molecular complexity index is 791. The maximum atomic E-state index is 12.5. The van der Waals surface area contributed by atoms with Gasteiger partial charge in [-0.25, -0.2) is 14.8 Å². The first kappa shape index (κ1) is 15.0. The number of carbonyl (C=O) groups excluding carboxylic acids is 1. The molecule has 1 saturated carbocycles. The molecule has 0 radical (unpaired) electrons. The summed E-state index contributed by atoms with van der Waals surface area (Å²) in [6.07, 6.45) is 2.34. The smallest absolute Gasteiger partial charge is 0.348 e. The van der Waals surface area contributed by atoms with E-state index in [0.29, 0.717) is 30.6 Å². The van der Waals surface area contributed by atoms with Crippen LogP contribution in [0.2, 0.25) is 0 Å². The number of ether oxygens (including phenoxy) is 2. The molecular weight excluding hydrogens is 312 g/mol. The molecule has 0 amide bonds. The molecule has 0 N–H and O–H groups in total. The van der Waals surface area contributed by atoms with Gasteiger partial charge in [-0.15, -0.1) is 11.3 Å². The van der Waals surface area contributed by atoms with E-state index in [4.69, 9.17) is 9.47 Å². The van der Waals surface area contributed by atoms with Gasteiger partial charge in [0, 0.05) is 16.7 Å². The van der Waals surface area contributed by atoms with Crippen LogP contribution in [0.25, 0.3) is 10.2 Å². The molecule has 122 valence electrons. The Labute approximate surface area is 139 Å². The molecule has 0 aromatic carbocycles. The topological polar surface area (TPSA) is 61.3 Å². The van der Waals surface area contributed by atoms with E-state index in [2.05, 4.69) is 16.9 Å². The molecule has 3 heterocycles. The minimum atomic E-state index is -0.258. The highest BCUT2D eigenvalue weighted by molar-refractivity contribution is 7.20. The van der Waals surface area contributed by atoms with Crippen molar-refractivity contribution in [1.82, 2.24) is 9.97 Å². The molecule has 0 unspecified atom stereocenters. The van der Waals surface area contributed by atoms with E-state index in [-0.39, 0.29) is 11.4 Å². The molecule has 0 atom stereocenters. The molecular formula is C17H20N2O3S. The number of aryl methyl sites for hydroxylation is 2. The maximum Gasteiger partial charge on any atom is 0.348 e. The SMILES string of the molecule is Cc1nc(C2CC2)nc2sc(C(=O)OCC3(C)COC3)c(C)c12. The van der Waals surface area contributed by atoms with Crippen molar-refractivity contribution in [3.8, 4) is 0 Å². The number of carbonyl (C=O) groups is 1. The van der Waals surface area contributed by atoms with Crippen molar-refractivity contribution in [2.45, 2.75) is 39.5 Å². The van der Waals surface area contributed by atoms with E-state index in [1.54, 1.807) is 0 Å². The van der Waals surface area contributed by atoms with Crippen LogP contribution >= 0.6 is 11.3 Å². The molecule has 5 nitrogen and oxygen atoms in total. The third kappa shape index (κ3) is 2.64. The summed E-state index contributed by atoms with van der Waals surface area (Å²) in [4.78, 5) is 23.3. The van der Waals surface area contributed by atoms with Crippen molar-refractivity contribution in [2.75, 3.05) is 19.8 Å². The first-order valence-corrected chi connectivity index (χ1v) is 8.81. The van der Waals surface area contributed by atoms with Gasteiger partial charge < -0.3 is 9.47 Å². The normalized spacial score (nSPS) is 19.6. The second-order valence-electron chi connectivity index (χ2n) is 7.06. The third-order valence-electron chi connectivity index (χ3n) is 4.57. The van der Waals surface area contributed by atoms with Gasteiger partial charge in [-0.3, -0.25) is 0 Å². The van der Waals surface area contributed by atoms with E-state index in [1.165, 1.54) is 24.2 Å². The average molecular weight is 332 g/mol. The highest BCUT2D eigenvalue weighted by Crippen LogP contribution is 2.40. The minimum Gasteiger partial charge on any atom is -0.461 e. The van der Waals surface area contributed by atoms with Crippen molar-refractivity contribution in [3.63, 3.8) is 0 Å². The van der Waals surface area contributed by atoms with Gasteiger partial charge in [-0.1, -0.05) is 6.92 Å². The second kappa shape index (κ2) is 5.24. The summed E-state index contributed by atoms with van der Waals surface area (Å²) in [5.74, 6) is 1.18. The molecule has 2 aromatic heterocycles. The van der Waals surface area contributed by atoms with Crippen molar-refractivity contribution in [3.05, 3.63) is 22.0 Å². The highest BCUT2D eigenvalue weighted by Gasteiger charge is 2.35. The number of thiophene rings is 1. The standard InChI is InChI=1S/C17H20N2O3S/c1-9-12-10(2)18-14(11-4-5-11)19-15(12)23-13(9)16(20)22-8-17(3)6-21-7-17/h11H,4-8H2,1-3H3. The molecule has 4 rings (SSSR count). The monoisotopic (exact) mass is 332 g/mol. The second-order valence-corrected chi connectivity index (χ2v) is 8.06. The van der Waals surface area contributed by atoms with Crippen LogP contribution in [0.4, 0.5) is 0 Å².